The number of hydrogen-bond donors (Lipinski definition) is 1. The number of carbonyl (C=O) groups is 4. The molecule has 1 aromatic carbocycles. The van der Waals surface area contributed by atoms with Crippen LogP contribution in [0.2, 0.25) is 0 Å². The number of hydrogen-bond acceptors (Lipinski definition) is 5. The van der Waals surface area contributed by atoms with Gasteiger partial charge < -0.3 is 19.9 Å². The van der Waals surface area contributed by atoms with Crippen molar-refractivity contribution in [3.05, 3.63) is 35.9 Å². The van der Waals surface area contributed by atoms with Gasteiger partial charge in [-0.2, -0.15) is 0 Å². The number of nitrogens with zero attached hydrogens (tertiary/aromatic N) is 3. The molecule has 0 bridgehead atoms. The quantitative estimate of drug-likeness (QED) is 0.677. The number of urea groups is 1. The molecule has 2 heterocycles. The summed E-state index contributed by atoms with van der Waals surface area (Å²) < 4.78 is 5.37. The molecule has 0 radical (unpaired) electrons. The van der Waals surface area contributed by atoms with Crippen LogP contribution in [0, 0.1) is 0 Å². The molecule has 9 nitrogen and oxygen atoms in total. The summed E-state index contributed by atoms with van der Waals surface area (Å²) in [4.78, 5) is 54.1. The summed E-state index contributed by atoms with van der Waals surface area (Å²) in [6, 6.07) is 8.58. The van der Waals surface area contributed by atoms with Crippen LogP contribution in [0.4, 0.5) is 9.59 Å². The van der Waals surface area contributed by atoms with Crippen molar-refractivity contribution in [3.8, 4) is 0 Å². The lowest BCUT2D eigenvalue weighted by atomic mass is 10.1. The molecule has 0 aliphatic carbocycles. The highest BCUT2D eigenvalue weighted by molar-refractivity contribution is 6.04. The average molecular weight is 445 g/mol. The molecule has 2 saturated heterocycles. The molecule has 1 atom stereocenters. The molecular weight excluding hydrogens is 412 g/mol. The monoisotopic (exact) mass is 444 g/mol. The predicted molar refractivity (Wildman–Crippen MR) is 118 cm³/mol. The van der Waals surface area contributed by atoms with Crippen LogP contribution in [0.5, 0.6) is 0 Å². The summed E-state index contributed by atoms with van der Waals surface area (Å²) in [6.07, 6.45) is 0.639. The second-order valence-electron chi connectivity index (χ2n) is 9.11. The second kappa shape index (κ2) is 10.0. The molecule has 3 rings (SSSR count). The molecule has 0 spiro atoms. The minimum atomic E-state index is -0.676. The summed E-state index contributed by atoms with van der Waals surface area (Å²) in [5.41, 5.74) is 0.495. The Morgan fingerprint density at radius 2 is 1.66 bits per heavy atom. The van der Waals surface area contributed by atoms with Gasteiger partial charge in [-0.3, -0.25) is 14.5 Å². The van der Waals surface area contributed by atoms with Gasteiger partial charge in [-0.15, -0.1) is 0 Å². The molecule has 0 unspecified atom stereocenters. The Hall–Kier alpha value is -3.10. The summed E-state index contributed by atoms with van der Waals surface area (Å²) >= 11 is 0. The third-order valence-electron chi connectivity index (χ3n) is 5.50. The van der Waals surface area contributed by atoms with Gasteiger partial charge in [0.25, 0.3) is 5.91 Å². The van der Waals surface area contributed by atoms with Crippen LogP contribution in [0.15, 0.2) is 30.3 Å². The van der Waals surface area contributed by atoms with Crippen molar-refractivity contribution in [2.75, 3.05) is 32.7 Å². The number of benzene rings is 1. The number of piperazine rings is 1. The minimum absolute atomic E-state index is 0.0846. The second-order valence-corrected chi connectivity index (χ2v) is 9.11. The Morgan fingerprint density at radius 1 is 1.03 bits per heavy atom. The zero-order valence-electron chi connectivity index (χ0n) is 19.0. The lowest BCUT2D eigenvalue weighted by Crippen LogP contribution is -2.51. The number of nitrogens with one attached hydrogen (secondary N) is 1. The summed E-state index contributed by atoms with van der Waals surface area (Å²) in [6.45, 7) is 7.42. The first-order valence-corrected chi connectivity index (χ1v) is 11.1. The SMILES string of the molecule is CC(C)(C)OC(=O)N1CCN(C(=O)CC[C@H]2NC(=O)N(CCc3ccccc3)C2=O)CC1. The highest BCUT2D eigenvalue weighted by Gasteiger charge is 2.38. The Morgan fingerprint density at radius 3 is 2.28 bits per heavy atom. The maximum atomic E-state index is 12.6. The largest absolute Gasteiger partial charge is 0.444 e. The number of carbonyl (C=O) groups excluding carboxylic acids is 4. The molecule has 0 saturated carbocycles. The van der Waals surface area contributed by atoms with Crippen molar-refractivity contribution < 1.29 is 23.9 Å². The Bertz CT molecular complexity index is 844. The van der Waals surface area contributed by atoms with E-state index in [-0.39, 0.29) is 30.7 Å². The van der Waals surface area contributed by atoms with Crippen molar-refractivity contribution >= 4 is 23.9 Å². The van der Waals surface area contributed by atoms with E-state index in [4.69, 9.17) is 4.74 Å². The smallest absolute Gasteiger partial charge is 0.410 e. The summed E-state index contributed by atoms with van der Waals surface area (Å²) in [5, 5.41) is 2.69. The van der Waals surface area contributed by atoms with E-state index in [9.17, 15) is 19.2 Å². The average Bonchev–Trinajstić information content (AvgIpc) is 3.02. The van der Waals surface area contributed by atoms with E-state index in [0.29, 0.717) is 39.1 Å². The molecule has 2 aliphatic heterocycles. The Kier molecular flexibility index (Phi) is 7.37. The normalized spacial score (nSPS) is 19.2. The van der Waals surface area contributed by atoms with E-state index in [2.05, 4.69) is 5.32 Å². The molecule has 2 aliphatic rings. The molecule has 5 amide bonds. The fourth-order valence-electron chi connectivity index (χ4n) is 3.76. The highest BCUT2D eigenvalue weighted by atomic mass is 16.6. The molecule has 1 N–H and O–H groups in total. The van der Waals surface area contributed by atoms with Crippen LogP contribution in [-0.4, -0.2) is 83.0 Å². The van der Waals surface area contributed by atoms with Crippen LogP contribution in [-0.2, 0) is 20.7 Å². The fourth-order valence-corrected chi connectivity index (χ4v) is 3.76. The zero-order valence-corrected chi connectivity index (χ0v) is 19.0. The van der Waals surface area contributed by atoms with E-state index >= 15 is 0 Å². The Labute approximate surface area is 188 Å². The molecule has 174 valence electrons. The summed E-state index contributed by atoms with van der Waals surface area (Å²) in [5.74, 6) is -0.368. The van der Waals surface area contributed by atoms with Crippen molar-refractivity contribution in [1.29, 1.82) is 0 Å². The Balaban J connectivity index is 1.42. The first kappa shape index (κ1) is 23.6. The fraction of sp³-hybridized carbons (Fsp3) is 0.565. The third kappa shape index (κ3) is 6.21. The van der Waals surface area contributed by atoms with Crippen LogP contribution in [0.1, 0.15) is 39.2 Å². The molecule has 9 heteroatoms. The summed E-state index contributed by atoms with van der Waals surface area (Å²) in [7, 11) is 0. The van der Waals surface area contributed by atoms with Gasteiger partial charge >= 0.3 is 12.1 Å². The van der Waals surface area contributed by atoms with Gasteiger partial charge in [0.05, 0.1) is 0 Å². The van der Waals surface area contributed by atoms with E-state index < -0.39 is 17.7 Å². The lowest BCUT2D eigenvalue weighted by molar-refractivity contribution is -0.133. The number of imide groups is 1. The molecule has 32 heavy (non-hydrogen) atoms. The highest BCUT2D eigenvalue weighted by Crippen LogP contribution is 2.15. The third-order valence-corrected chi connectivity index (χ3v) is 5.50. The first-order chi connectivity index (χ1) is 15.1. The maximum absolute atomic E-state index is 12.6. The number of rotatable bonds is 6. The van der Waals surface area contributed by atoms with Crippen LogP contribution in [0.25, 0.3) is 0 Å². The van der Waals surface area contributed by atoms with Gasteiger partial charge in [0.2, 0.25) is 5.91 Å². The topological polar surface area (TPSA) is 99.3 Å². The van der Waals surface area contributed by atoms with E-state index in [1.54, 1.807) is 9.80 Å². The number of ether oxygens (including phenoxy) is 1. The minimum Gasteiger partial charge on any atom is -0.444 e. The molecule has 2 fully saturated rings. The van der Waals surface area contributed by atoms with Gasteiger partial charge in [0.1, 0.15) is 11.6 Å². The van der Waals surface area contributed by atoms with Gasteiger partial charge in [-0.1, -0.05) is 30.3 Å². The van der Waals surface area contributed by atoms with Crippen molar-refractivity contribution in [3.63, 3.8) is 0 Å². The van der Waals surface area contributed by atoms with Crippen LogP contribution >= 0.6 is 0 Å². The van der Waals surface area contributed by atoms with E-state index in [1.165, 1.54) is 4.90 Å². The van der Waals surface area contributed by atoms with Crippen molar-refractivity contribution in [2.24, 2.45) is 0 Å². The van der Waals surface area contributed by atoms with Crippen molar-refractivity contribution in [2.45, 2.75) is 51.7 Å². The first-order valence-electron chi connectivity index (χ1n) is 11.1. The van der Waals surface area contributed by atoms with Gasteiger partial charge in [0, 0.05) is 39.1 Å². The van der Waals surface area contributed by atoms with Crippen LogP contribution in [0.3, 0.4) is 0 Å². The molecule has 0 aromatic heterocycles. The van der Waals surface area contributed by atoms with Crippen LogP contribution < -0.4 is 5.32 Å². The van der Waals surface area contributed by atoms with Crippen molar-refractivity contribution in [1.82, 2.24) is 20.0 Å². The van der Waals surface area contributed by atoms with Gasteiger partial charge in [0.15, 0.2) is 0 Å². The van der Waals surface area contributed by atoms with E-state index in [0.717, 1.165) is 5.56 Å². The maximum Gasteiger partial charge on any atom is 0.410 e. The molecular formula is C23H32N4O5. The van der Waals surface area contributed by atoms with Gasteiger partial charge in [-0.05, 0) is 39.2 Å². The lowest BCUT2D eigenvalue weighted by Gasteiger charge is -2.35. The standard InChI is InChI=1S/C23H32N4O5/c1-23(2,3)32-22(31)26-15-13-25(14-16-26)19(28)10-9-18-20(29)27(21(30)24-18)12-11-17-7-5-4-6-8-17/h4-8,18H,9-16H2,1-3H3,(H,24,30)/t18-/m1/s1. The van der Waals surface area contributed by atoms with E-state index in [1.807, 2.05) is 51.1 Å². The van der Waals surface area contributed by atoms with Gasteiger partial charge in [-0.25, -0.2) is 9.59 Å². The zero-order chi connectivity index (χ0) is 23.3. The predicted octanol–water partition coefficient (Wildman–Crippen LogP) is 2.01. The molecule has 1 aromatic rings. The number of amides is 5.